The Morgan fingerprint density at radius 2 is 0.918 bits per heavy atom. The van der Waals surface area contributed by atoms with Gasteiger partial charge in [0.25, 0.3) is 0 Å². The first-order valence-electron chi connectivity index (χ1n) is 30.4. The zero-order valence-electron chi connectivity index (χ0n) is 56.4. The van der Waals surface area contributed by atoms with Crippen LogP contribution < -0.4 is 21.7 Å². The van der Waals surface area contributed by atoms with Gasteiger partial charge in [-0.2, -0.15) is 0 Å². The maximum Gasteiger partial charge on any atom is 0.246 e. The third-order valence-corrected chi connectivity index (χ3v) is 16.2. The fourth-order valence-corrected chi connectivity index (χ4v) is 10.3. The van der Waals surface area contributed by atoms with Gasteiger partial charge in [-0.15, -0.1) is 0 Å². The minimum Gasteiger partial charge on any atom is -0.390 e. The molecule has 23 nitrogen and oxygen atoms in total. The van der Waals surface area contributed by atoms with Crippen molar-refractivity contribution in [2.45, 2.75) is 217 Å². The Balaban J connectivity index is 7.14. The number of aliphatic hydroxyl groups is 1. The van der Waals surface area contributed by atoms with E-state index in [1.165, 1.54) is 73.7 Å². The highest BCUT2D eigenvalue weighted by molar-refractivity contribution is 5.98. The quantitative estimate of drug-likeness (QED) is 0.0570. The van der Waals surface area contributed by atoms with E-state index < -0.39 is 138 Å². The van der Waals surface area contributed by atoms with E-state index in [1.54, 1.807) is 81.5 Å². The van der Waals surface area contributed by atoms with Crippen LogP contribution in [0.4, 0.5) is 0 Å². The summed E-state index contributed by atoms with van der Waals surface area (Å²) in [6.45, 7) is 31.5. The van der Waals surface area contributed by atoms with Crippen LogP contribution in [0.3, 0.4) is 0 Å². The molecular weight excluding hydrogens is 1090 g/mol. The van der Waals surface area contributed by atoms with Crippen molar-refractivity contribution in [2.24, 2.45) is 53.1 Å². The zero-order valence-corrected chi connectivity index (χ0v) is 56.4. The molecule has 11 amide bonds. The summed E-state index contributed by atoms with van der Waals surface area (Å²) in [5.41, 5.74) is 5.58. The number of aliphatic hydroxyl groups excluding tert-OH is 1. The fourth-order valence-electron chi connectivity index (χ4n) is 10.3. The van der Waals surface area contributed by atoms with Crippen molar-refractivity contribution in [3.05, 3.63) is 12.2 Å². The summed E-state index contributed by atoms with van der Waals surface area (Å²) in [5, 5.41) is 20.2. The van der Waals surface area contributed by atoms with Crippen molar-refractivity contribution in [1.82, 2.24) is 50.2 Å². The first kappa shape index (κ1) is 78.9. The Morgan fingerprint density at radius 3 is 1.34 bits per heavy atom. The smallest absolute Gasteiger partial charge is 0.246 e. The van der Waals surface area contributed by atoms with Gasteiger partial charge in [0, 0.05) is 55.3 Å². The molecule has 0 saturated heterocycles. The number of nitrogens with one attached hydrogen (secondary N) is 3. The standard InChI is InChI=1S/C62H113N11O12/c1-26-28-29-40(15)52(75)51(56(79)65-44(27-2)59(82)67(19)33-48(74)71(23)49(38(11)12)53(63)76)73(25)62(85)50(39(13)14)72(24)61(84)47(32-36(7)8)70(22)60(83)46(31-35(5)6)69(21)58(81)42(17)64-55(78)45(30-34(3)4)66-54(77)43(18)68(20)57(80)41(16)37(9)10/h26,28,34-47,49-52,75H,27,29-33H2,1-25H3,(H2,63,76)(H,64,78)(H,65,79)(H,66,77)/b28-26-/t40-,41-,42+,43+,44+,45?,46-,47-,49-,50+,51?,52+/m1/s1. The van der Waals surface area contributed by atoms with Crippen LogP contribution in [-0.2, 0) is 52.7 Å². The SMILES string of the molecule is C/C=C\C[C@@H](C)[C@H](O)C(C(=O)N[C@@H](CC)C(=O)N(C)CC(=O)N(C)[C@@H](C(N)=O)C(C)C)N(C)C(=O)[C@H](C(C)C)N(C)C(=O)[C@@H](CC(C)C)N(C)C(=O)[C@@H](CC(C)C)N(C)C(=O)[C@H](C)NC(=O)C(CC(C)C)NC(=O)[C@H](C)N(C)C(=O)[C@H](C)C(C)C. The van der Waals surface area contributed by atoms with Crippen LogP contribution in [0.25, 0.3) is 0 Å². The third kappa shape index (κ3) is 22.9. The van der Waals surface area contributed by atoms with E-state index in [1.807, 2.05) is 55.4 Å². The molecule has 0 aliphatic carbocycles. The number of rotatable bonds is 35. The molecule has 0 spiro atoms. The second-order valence-corrected chi connectivity index (χ2v) is 25.8. The number of nitrogens with two attached hydrogens (primary N) is 1. The molecule has 2 unspecified atom stereocenters. The molecule has 0 aromatic rings. The molecule has 0 aliphatic heterocycles. The van der Waals surface area contributed by atoms with Crippen molar-refractivity contribution in [3.63, 3.8) is 0 Å². The van der Waals surface area contributed by atoms with E-state index in [0.717, 1.165) is 9.80 Å². The van der Waals surface area contributed by atoms with Crippen LogP contribution in [0, 0.1) is 47.3 Å². The monoisotopic (exact) mass is 1200 g/mol. The number of nitrogens with zero attached hydrogens (tertiary/aromatic N) is 7. The van der Waals surface area contributed by atoms with Crippen molar-refractivity contribution >= 4 is 65.0 Å². The molecule has 0 saturated carbocycles. The molecule has 0 aliphatic rings. The van der Waals surface area contributed by atoms with Gasteiger partial charge in [-0.1, -0.05) is 116 Å². The lowest BCUT2D eigenvalue weighted by Crippen LogP contribution is -2.63. The normalized spacial score (nSPS) is 16.0. The second kappa shape index (κ2) is 36.1. The van der Waals surface area contributed by atoms with Crippen LogP contribution in [0.15, 0.2) is 12.2 Å². The molecule has 0 heterocycles. The molecule has 0 fully saturated rings. The molecule has 0 aromatic heterocycles. The molecule has 0 aromatic carbocycles. The van der Waals surface area contributed by atoms with E-state index in [2.05, 4.69) is 16.0 Å². The van der Waals surface area contributed by atoms with Gasteiger partial charge in [-0.25, -0.2) is 0 Å². The van der Waals surface area contributed by atoms with E-state index in [0.29, 0.717) is 6.42 Å². The second-order valence-electron chi connectivity index (χ2n) is 25.8. The molecule has 0 radical (unpaired) electrons. The molecule has 23 heteroatoms. The molecule has 85 heavy (non-hydrogen) atoms. The van der Waals surface area contributed by atoms with Crippen LogP contribution in [-0.4, -0.2) is 221 Å². The summed E-state index contributed by atoms with van der Waals surface area (Å²) in [6.07, 6.45) is 2.98. The maximum absolute atomic E-state index is 15.1. The van der Waals surface area contributed by atoms with Crippen LogP contribution in [0.2, 0.25) is 0 Å². The Morgan fingerprint density at radius 1 is 0.471 bits per heavy atom. The lowest BCUT2D eigenvalue weighted by atomic mass is 9.91. The summed E-state index contributed by atoms with van der Waals surface area (Å²) < 4.78 is 0. The molecule has 0 bridgehead atoms. The van der Waals surface area contributed by atoms with E-state index in [9.17, 15) is 48.3 Å². The highest BCUT2D eigenvalue weighted by atomic mass is 16.3. The molecule has 0 rings (SSSR count). The van der Waals surface area contributed by atoms with E-state index >= 15 is 9.59 Å². The van der Waals surface area contributed by atoms with Gasteiger partial charge in [-0.05, 0) is 94.3 Å². The molecule has 12 atom stereocenters. The summed E-state index contributed by atoms with van der Waals surface area (Å²) in [4.78, 5) is 163. The summed E-state index contributed by atoms with van der Waals surface area (Å²) in [7, 11) is 10.0. The summed E-state index contributed by atoms with van der Waals surface area (Å²) in [6, 6.07) is -10.5. The van der Waals surface area contributed by atoms with E-state index in [4.69, 9.17) is 5.73 Å². The van der Waals surface area contributed by atoms with Crippen molar-refractivity contribution in [3.8, 4) is 0 Å². The number of likely N-dealkylation sites (N-methyl/N-ethyl adjacent to an activating group) is 7. The highest BCUT2D eigenvalue weighted by Crippen LogP contribution is 2.25. The number of carbonyl (C=O) groups excluding carboxylic acids is 11. The van der Waals surface area contributed by atoms with Crippen molar-refractivity contribution in [1.29, 1.82) is 0 Å². The summed E-state index contributed by atoms with van der Waals surface area (Å²) >= 11 is 0. The molecule has 488 valence electrons. The van der Waals surface area contributed by atoms with Crippen LogP contribution in [0.1, 0.15) is 157 Å². The average molecular weight is 1200 g/mol. The zero-order chi connectivity index (χ0) is 66.6. The predicted molar refractivity (Wildman–Crippen MR) is 330 cm³/mol. The van der Waals surface area contributed by atoms with E-state index in [-0.39, 0.29) is 67.1 Å². The molecular formula is C62H113N11O12. The average Bonchev–Trinajstić information content (AvgIpc) is 2.48. The van der Waals surface area contributed by atoms with Gasteiger partial charge in [0.05, 0.1) is 12.6 Å². The van der Waals surface area contributed by atoms with Gasteiger partial charge in [0.2, 0.25) is 65.0 Å². The van der Waals surface area contributed by atoms with Gasteiger partial charge in [0.1, 0.15) is 54.4 Å². The van der Waals surface area contributed by atoms with Gasteiger partial charge < -0.3 is 61.1 Å². The number of hydrogen-bond donors (Lipinski definition) is 5. The highest BCUT2D eigenvalue weighted by Gasteiger charge is 2.45. The third-order valence-electron chi connectivity index (χ3n) is 16.2. The molecule has 6 N–H and O–H groups in total. The predicted octanol–water partition coefficient (Wildman–Crippen LogP) is 3.50. The Kier molecular flexibility index (Phi) is 33.5. The first-order chi connectivity index (χ1) is 39.1. The largest absolute Gasteiger partial charge is 0.390 e. The minimum atomic E-state index is -1.60. The minimum absolute atomic E-state index is 0.0403. The Bertz CT molecular complexity index is 2290. The lowest BCUT2D eigenvalue weighted by Gasteiger charge is -2.41. The van der Waals surface area contributed by atoms with Crippen LogP contribution >= 0.6 is 0 Å². The van der Waals surface area contributed by atoms with Crippen LogP contribution in [0.5, 0.6) is 0 Å². The number of carbonyl (C=O) groups is 11. The number of allylic oxidation sites excluding steroid dienone is 2. The number of hydrogen-bond acceptors (Lipinski definition) is 12. The van der Waals surface area contributed by atoms with Crippen molar-refractivity contribution < 1.29 is 57.8 Å². The van der Waals surface area contributed by atoms with Gasteiger partial charge >= 0.3 is 0 Å². The first-order valence-corrected chi connectivity index (χ1v) is 30.4. The Hall–Kier alpha value is -6.13. The van der Waals surface area contributed by atoms with Gasteiger partial charge in [0.15, 0.2) is 0 Å². The maximum atomic E-state index is 15.1. The Labute approximate surface area is 509 Å². The van der Waals surface area contributed by atoms with Crippen molar-refractivity contribution in [2.75, 3.05) is 55.9 Å². The fraction of sp³-hybridized carbons (Fsp3) is 0.790. The van der Waals surface area contributed by atoms with Gasteiger partial charge in [-0.3, -0.25) is 52.7 Å². The lowest BCUT2D eigenvalue weighted by molar-refractivity contribution is -0.157. The summed E-state index contributed by atoms with van der Waals surface area (Å²) in [5.74, 6) is -8.88. The topological polar surface area (TPSA) is 293 Å². The number of amides is 11. The number of primary amides is 1.